The molecule has 3 aliphatic carbocycles. The molecule has 3 rings (SSSR count). The number of hydrogen-bond donors (Lipinski definition) is 0. The van der Waals surface area contributed by atoms with Crippen molar-refractivity contribution in [1.82, 2.24) is 0 Å². The molecule has 88 valence electrons. The van der Waals surface area contributed by atoms with Crippen LogP contribution in [0.15, 0.2) is 11.6 Å². The van der Waals surface area contributed by atoms with Gasteiger partial charge in [0.1, 0.15) is 6.29 Å². The Morgan fingerprint density at radius 1 is 1.38 bits per heavy atom. The first-order valence-electron chi connectivity index (χ1n) is 6.67. The monoisotopic (exact) mass is 218 g/mol. The second-order valence-electron chi connectivity index (χ2n) is 6.91. The first-order chi connectivity index (χ1) is 7.50. The lowest BCUT2D eigenvalue weighted by Gasteiger charge is -2.35. The van der Waals surface area contributed by atoms with Gasteiger partial charge in [-0.1, -0.05) is 26.8 Å². The van der Waals surface area contributed by atoms with Crippen LogP contribution in [0.2, 0.25) is 0 Å². The van der Waals surface area contributed by atoms with Gasteiger partial charge in [-0.25, -0.2) is 0 Å². The molecule has 3 aliphatic rings. The Balaban J connectivity index is 2.12. The van der Waals surface area contributed by atoms with Gasteiger partial charge >= 0.3 is 0 Å². The van der Waals surface area contributed by atoms with Crippen molar-refractivity contribution in [3.63, 3.8) is 0 Å². The summed E-state index contributed by atoms with van der Waals surface area (Å²) in [5.74, 6) is 2.33. The minimum atomic E-state index is 0.378. The smallest absolute Gasteiger partial charge is 0.145 e. The van der Waals surface area contributed by atoms with Gasteiger partial charge in [-0.15, -0.1) is 0 Å². The number of carbonyl (C=O) groups is 1. The van der Waals surface area contributed by atoms with E-state index in [9.17, 15) is 4.79 Å². The Bertz CT molecular complexity index is 366. The Morgan fingerprint density at radius 3 is 2.81 bits per heavy atom. The Morgan fingerprint density at radius 2 is 2.12 bits per heavy atom. The maximum absolute atomic E-state index is 11.1. The maximum atomic E-state index is 11.1. The number of rotatable bonds is 1. The normalized spacial score (nSPS) is 48.7. The van der Waals surface area contributed by atoms with E-state index < -0.39 is 0 Å². The van der Waals surface area contributed by atoms with Crippen molar-refractivity contribution in [2.75, 3.05) is 0 Å². The zero-order chi connectivity index (χ0) is 11.6. The van der Waals surface area contributed by atoms with Gasteiger partial charge in [0.2, 0.25) is 0 Å². The summed E-state index contributed by atoms with van der Waals surface area (Å²) >= 11 is 0. The van der Waals surface area contributed by atoms with Crippen LogP contribution in [0.3, 0.4) is 0 Å². The second kappa shape index (κ2) is 3.00. The first kappa shape index (κ1) is 10.6. The van der Waals surface area contributed by atoms with Crippen LogP contribution in [0.1, 0.15) is 46.5 Å². The van der Waals surface area contributed by atoms with Gasteiger partial charge in [0.15, 0.2) is 0 Å². The number of hydrogen-bond acceptors (Lipinski definition) is 1. The molecule has 0 radical (unpaired) electrons. The molecule has 2 bridgehead atoms. The highest BCUT2D eigenvalue weighted by atomic mass is 16.1. The first-order valence-corrected chi connectivity index (χ1v) is 6.67. The van der Waals surface area contributed by atoms with Gasteiger partial charge in [0.25, 0.3) is 0 Å². The number of aldehydes is 1. The molecule has 0 aromatic carbocycles. The summed E-state index contributed by atoms with van der Waals surface area (Å²) < 4.78 is 0. The Labute approximate surface area is 98.3 Å². The highest BCUT2D eigenvalue weighted by Crippen LogP contribution is 2.70. The van der Waals surface area contributed by atoms with Crippen molar-refractivity contribution in [2.45, 2.75) is 46.5 Å². The van der Waals surface area contributed by atoms with E-state index in [-0.39, 0.29) is 0 Å². The van der Waals surface area contributed by atoms with Crippen molar-refractivity contribution in [1.29, 1.82) is 0 Å². The topological polar surface area (TPSA) is 17.1 Å². The summed E-state index contributed by atoms with van der Waals surface area (Å²) in [5, 5.41) is 0. The molecule has 16 heavy (non-hydrogen) atoms. The molecular formula is C15H22O. The molecule has 0 aromatic heterocycles. The summed E-state index contributed by atoms with van der Waals surface area (Å²) in [5.41, 5.74) is 1.90. The summed E-state index contributed by atoms with van der Waals surface area (Å²) in [6, 6.07) is 0. The third-order valence-corrected chi connectivity index (χ3v) is 6.09. The predicted molar refractivity (Wildman–Crippen MR) is 65.0 cm³/mol. The zero-order valence-corrected chi connectivity index (χ0v) is 10.6. The van der Waals surface area contributed by atoms with Gasteiger partial charge < -0.3 is 0 Å². The fraction of sp³-hybridized carbons (Fsp3) is 0.800. The zero-order valence-electron chi connectivity index (χ0n) is 10.6. The number of allylic oxidation sites excluding steroid dienone is 2. The molecular weight excluding hydrogens is 196 g/mol. The van der Waals surface area contributed by atoms with Gasteiger partial charge in [-0.3, -0.25) is 4.79 Å². The molecule has 0 aromatic rings. The van der Waals surface area contributed by atoms with E-state index in [1.807, 2.05) is 0 Å². The van der Waals surface area contributed by atoms with Crippen molar-refractivity contribution in [2.24, 2.45) is 28.6 Å². The fourth-order valence-corrected chi connectivity index (χ4v) is 5.09. The average molecular weight is 218 g/mol. The SMILES string of the molecule is C[C@@H]1CC[C@H]2C(C)(C)[C@H]3CC(C=O)=C[C@@]12C3. The highest BCUT2D eigenvalue weighted by Gasteiger charge is 2.62. The molecule has 0 saturated heterocycles. The minimum absolute atomic E-state index is 0.378. The quantitative estimate of drug-likeness (QED) is 0.615. The summed E-state index contributed by atoms with van der Waals surface area (Å²) in [6.07, 6.45) is 8.56. The lowest BCUT2D eigenvalue weighted by molar-refractivity contribution is -0.105. The van der Waals surface area contributed by atoms with E-state index in [1.165, 1.54) is 19.3 Å². The van der Waals surface area contributed by atoms with Gasteiger partial charge in [0.05, 0.1) is 0 Å². The largest absolute Gasteiger partial charge is 0.298 e. The number of carbonyl (C=O) groups excluding carboxylic acids is 1. The third kappa shape index (κ3) is 1.05. The van der Waals surface area contributed by atoms with E-state index in [0.717, 1.165) is 36.0 Å². The van der Waals surface area contributed by atoms with Crippen molar-refractivity contribution >= 4 is 6.29 Å². The van der Waals surface area contributed by atoms with Crippen LogP contribution >= 0.6 is 0 Å². The van der Waals surface area contributed by atoms with Crippen LogP contribution in [-0.4, -0.2) is 6.29 Å². The average Bonchev–Trinajstić information content (AvgIpc) is 2.63. The third-order valence-electron chi connectivity index (χ3n) is 6.09. The van der Waals surface area contributed by atoms with Crippen LogP contribution in [0, 0.1) is 28.6 Å². The predicted octanol–water partition coefficient (Wildman–Crippen LogP) is 3.59. The molecule has 0 unspecified atom stereocenters. The van der Waals surface area contributed by atoms with Gasteiger partial charge in [0, 0.05) is 0 Å². The maximum Gasteiger partial charge on any atom is 0.145 e. The van der Waals surface area contributed by atoms with E-state index in [2.05, 4.69) is 26.8 Å². The summed E-state index contributed by atoms with van der Waals surface area (Å²) in [4.78, 5) is 11.1. The molecule has 0 N–H and O–H groups in total. The van der Waals surface area contributed by atoms with E-state index in [1.54, 1.807) is 0 Å². The molecule has 0 amide bonds. The van der Waals surface area contributed by atoms with E-state index >= 15 is 0 Å². The lowest BCUT2D eigenvalue weighted by Crippen LogP contribution is -2.29. The van der Waals surface area contributed by atoms with Crippen molar-refractivity contribution < 1.29 is 4.79 Å². The molecule has 0 aliphatic heterocycles. The Kier molecular flexibility index (Phi) is 1.98. The lowest BCUT2D eigenvalue weighted by atomic mass is 9.69. The highest BCUT2D eigenvalue weighted by molar-refractivity contribution is 5.74. The van der Waals surface area contributed by atoms with Gasteiger partial charge in [-0.05, 0) is 59.8 Å². The molecule has 2 saturated carbocycles. The summed E-state index contributed by atoms with van der Waals surface area (Å²) in [6.45, 7) is 7.26. The fourth-order valence-electron chi connectivity index (χ4n) is 5.09. The van der Waals surface area contributed by atoms with Crippen LogP contribution in [-0.2, 0) is 4.79 Å². The van der Waals surface area contributed by atoms with Crippen molar-refractivity contribution in [3.8, 4) is 0 Å². The van der Waals surface area contributed by atoms with Crippen LogP contribution in [0.4, 0.5) is 0 Å². The van der Waals surface area contributed by atoms with Crippen LogP contribution < -0.4 is 0 Å². The molecule has 1 spiro atoms. The standard InChI is InChI=1S/C15H22O/c1-10-4-5-13-14(2,3)12-6-11(9-16)7-15(10,13)8-12/h7,9-10,12-13H,4-6,8H2,1-3H3/t10-,12+,13+,15-/m1/s1. The molecule has 1 nitrogen and oxygen atoms in total. The molecule has 1 heteroatoms. The molecule has 2 fully saturated rings. The van der Waals surface area contributed by atoms with Crippen molar-refractivity contribution in [3.05, 3.63) is 11.6 Å². The van der Waals surface area contributed by atoms with Crippen LogP contribution in [0.5, 0.6) is 0 Å². The Hall–Kier alpha value is -0.590. The minimum Gasteiger partial charge on any atom is -0.298 e. The van der Waals surface area contributed by atoms with Gasteiger partial charge in [-0.2, -0.15) is 0 Å². The summed E-state index contributed by atoms with van der Waals surface area (Å²) in [7, 11) is 0. The number of fused-ring (bicyclic) bond motifs is 1. The van der Waals surface area contributed by atoms with E-state index in [4.69, 9.17) is 0 Å². The second-order valence-corrected chi connectivity index (χ2v) is 6.91. The van der Waals surface area contributed by atoms with Crippen LogP contribution in [0.25, 0.3) is 0 Å². The van der Waals surface area contributed by atoms with E-state index in [0.29, 0.717) is 10.8 Å². The molecule has 4 atom stereocenters. The molecule has 0 heterocycles.